The molecule has 0 spiro atoms. The summed E-state index contributed by atoms with van der Waals surface area (Å²) in [5, 5.41) is 12.5. The summed E-state index contributed by atoms with van der Waals surface area (Å²) in [5.41, 5.74) is -0.402. The molecule has 1 aromatic heterocycles. The Morgan fingerprint density at radius 2 is 2.24 bits per heavy atom. The Kier molecular flexibility index (Phi) is 4.52. The van der Waals surface area contributed by atoms with Crippen LogP contribution in [-0.2, 0) is 13.0 Å². The minimum atomic E-state index is -1.32. The van der Waals surface area contributed by atoms with Crippen LogP contribution in [0.4, 0.5) is 4.39 Å². The van der Waals surface area contributed by atoms with E-state index in [-0.39, 0.29) is 12.4 Å². The number of aromatic carboxylic acids is 1. The van der Waals surface area contributed by atoms with Crippen LogP contribution in [0.1, 0.15) is 35.9 Å². The second-order valence-electron chi connectivity index (χ2n) is 4.94. The summed E-state index contributed by atoms with van der Waals surface area (Å²) in [6.07, 6.45) is 0.676. The fraction of sp³-hybridized carbons (Fsp3) is 0.357. The lowest BCUT2D eigenvalue weighted by molar-refractivity contribution is 0.0692. The molecular weight excluding hydrogens is 279 g/mol. The first-order chi connectivity index (χ1) is 9.95. The third-order valence-electron chi connectivity index (χ3n) is 2.63. The predicted molar refractivity (Wildman–Crippen MR) is 70.5 cm³/mol. The fourth-order valence-electron chi connectivity index (χ4n) is 1.69. The van der Waals surface area contributed by atoms with Gasteiger partial charge in [0.2, 0.25) is 11.7 Å². The molecule has 0 bridgehead atoms. The molecule has 2 aromatic rings. The van der Waals surface area contributed by atoms with Gasteiger partial charge in [0, 0.05) is 12.5 Å². The number of hydrogen-bond acceptors (Lipinski definition) is 5. The molecule has 0 aliphatic rings. The molecular formula is C14H15FN2O4. The van der Waals surface area contributed by atoms with Crippen LogP contribution in [0.3, 0.4) is 0 Å². The SMILES string of the molecule is CC(C)Cc1nc(COc2ccc(C(=O)O)c(F)c2)no1. The van der Waals surface area contributed by atoms with Crippen molar-refractivity contribution < 1.29 is 23.6 Å². The standard InChI is InChI=1S/C14H15FN2O4/c1-8(2)5-13-16-12(17-21-13)7-20-9-3-4-10(14(18)19)11(15)6-9/h3-4,6,8H,5,7H2,1-2H3,(H,18,19). The number of rotatable bonds is 6. The van der Waals surface area contributed by atoms with Gasteiger partial charge in [0.05, 0.1) is 5.56 Å². The van der Waals surface area contributed by atoms with Gasteiger partial charge < -0.3 is 14.4 Å². The number of ether oxygens (including phenoxy) is 1. The maximum absolute atomic E-state index is 13.5. The topological polar surface area (TPSA) is 85.5 Å². The summed E-state index contributed by atoms with van der Waals surface area (Å²) in [5.74, 6) is -0.696. The van der Waals surface area contributed by atoms with Gasteiger partial charge in [-0.25, -0.2) is 9.18 Å². The number of halogens is 1. The summed E-state index contributed by atoms with van der Waals surface area (Å²) in [7, 11) is 0. The quantitative estimate of drug-likeness (QED) is 0.881. The third kappa shape index (κ3) is 4.01. The smallest absolute Gasteiger partial charge is 0.338 e. The van der Waals surface area contributed by atoms with Gasteiger partial charge in [-0.2, -0.15) is 4.98 Å². The normalized spacial score (nSPS) is 10.9. The molecule has 0 aliphatic heterocycles. The number of aromatic nitrogens is 2. The second-order valence-corrected chi connectivity index (χ2v) is 4.94. The Balaban J connectivity index is 1.98. The lowest BCUT2D eigenvalue weighted by atomic mass is 10.1. The minimum Gasteiger partial charge on any atom is -0.485 e. The van der Waals surface area contributed by atoms with E-state index in [0.29, 0.717) is 24.1 Å². The molecule has 2 rings (SSSR count). The fourth-order valence-corrected chi connectivity index (χ4v) is 1.69. The van der Waals surface area contributed by atoms with Crippen LogP contribution < -0.4 is 4.74 Å². The lowest BCUT2D eigenvalue weighted by Gasteiger charge is -2.04. The zero-order valence-electron chi connectivity index (χ0n) is 11.7. The molecule has 0 saturated carbocycles. The molecule has 112 valence electrons. The van der Waals surface area contributed by atoms with Gasteiger partial charge >= 0.3 is 5.97 Å². The highest BCUT2D eigenvalue weighted by Crippen LogP contribution is 2.17. The number of carboxylic acid groups (broad SMARTS) is 1. The monoisotopic (exact) mass is 294 g/mol. The molecule has 0 saturated heterocycles. The van der Waals surface area contributed by atoms with Crippen LogP contribution >= 0.6 is 0 Å². The van der Waals surface area contributed by atoms with Crippen molar-refractivity contribution in [3.05, 3.63) is 41.3 Å². The van der Waals surface area contributed by atoms with Gasteiger partial charge in [0.15, 0.2) is 6.61 Å². The Morgan fingerprint density at radius 1 is 1.48 bits per heavy atom. The van der Waals surface area contributed by atoms with Crippen LogP contribution in [0.15, 0.2) is 22.7 Å². The average Bonchev–Trinajstić information content (AvgIpc) is 2.82. The van der Waals surface area contributed by atoms with Crippen molar-refractivity contribution in [2.24, 2.45) is 5.92 Å². The number of nitrogens with zero attached hydrogens (tertiary/aromatic N) is 2. The predicted octanol–water partition coefficient (Wildman–Crippen LogP) is 2.68. The molecule has 0 aliphatic carbocycles. The molecule has 6 nitrogen and oxygen atoms in total. The zero-order chi connectivity index (χ0) is 15.4. The molecule has 1 aromatic carbocycles. The van der Waals surface area contributed by atoms with Crippen LogP contribution in [0.5, 0.6) is 5.75 Å². The van der Waals surface area contributed by atoms with Gasteiger partial charge in [0.25, 0.3) is 0 Å². The first-order valence-electron chi connectivity index (χ1n) is 6.43. The van der Waals surface area contributed by atoms with E-state index in [9.17, 15) is 9.18 Å². The van der Waals surface area contributed by atoms with E-state index in [1.54, 1.807) is 0 Å². The molecule has 0 unspecified atom stereocenters. The average molecular weight is 294 g/mol. The molecule has 0 amide bonds. The highest BCUT2D eigenvalue weighted by atomic mass is 19.1. The van der Waals surface area contributed by atoms with Crippen molar-refractivity contribution in [2.45, 2.75) is 26.9 Å². The second kappa shape index (κ2) is 6.34. The molecule has 1 N–H and O–H groups in total. The molecule has 7 heteroatoms. The van der Waals surface area contributed by atoms with Gasteiger partial charge in [0.1, 0.15) is 11.6 Å². The lowest BCUT2D eigenvalue weighted by Crippen LogP contribution is -2.02. The van der Waals surface area contributed by atoms with Crippen molar-refractivity contribution in [1.82, 2.24) is 10.1 Å². The summed E-state index contributed by atoms with van der Waals surface area (Å²) in [6.45, 7) is 4.09. The third-order valence-corrected chi connectivity index (χ3v) is 2.63. The summed E-state index contributed by atoms with van der Waals surface area (Å²) < 4.78 is 23.8. The van der Waals surface area contributed by atoms with E-state index in [1.807, 2.05) is 13.8 Å². The highest BCUT2D eigenvalue weighted by Gasteiger charge is 2.12. The zero-order valence-corrected chi connectivity index (χ0v) is 11.7. The molecule has 0 fully saturated rings. The Bertz CT molecular complexity index is 640. The summed E-state index contributed by atoms with van der Waals surface area (Å²) in [6, 6.07) is 3.54. The first-order valence-corrected chi connectivity index (χ1v) is 6.43. The molecule has 0 radical (unpaired) electrons. The molecule has 21 heavy (non-hydrogen) atoms. The van der Waals surface area contributed by atoms with Crippen LogP contribution in [0, 0.1) is 11.7 Å². The van der Waals surface area contributed by atoms with Crippen LogP contribution in [0.2, 0.25) is 0 Å². The number of carbonyl (C=O) groups is 1. The van der Waals surface area contributed by atoms with Gasteiger partial charge in [-0.3, -0.25) is 0 Å². The van der Waals surface area contributed by atoms with Gasteiger partial charge in [-0.15, -0.1) is 0 Å². The van der Waals surface area contributed by atoms with Crippen LogP contribution in [-0.4, -0.2) is 21.2 Å². The van der Waals surface area contributed by atoms with Crippen molar-refractivity contribution in [3.63, 3.8) is 0 Å². The maximum atomic E-state index is 13.5. The first kappa shape index (κ1) is 15.0. The maximum Gasteiger partial charge on any atom is 0.338 e. The van der Waals surface area contributed by atoms with Crippen molar-refractivity contribution in [3.8, 4) is 5.75 Å². The Hall–Kier alpha value is -2.44. The van der Waals surface area contributed by atoms with E-state index in [0.717, 1.165) is 12.1 Å². The summed E-state index contributed by atoms with van der Waals surface area (Å²) in [4.78, 5) is 14.8. The number of benzene rings is 1. The van der Waals surface area contributed by atoms with Crippen LogP contribution in [0.25, 0.3) is 0 Å². The Labute approximate surface area is 120 Å². The van der Waals surface area contributed by atoms with Crippen molar-refractivity contribution in [1.29, 1.82) is 0 Å². The minimum absolute atomic E-state index is 0.0213. The largest absolute Gasteiger partial charge is 0.485 e. The summed E-state index contributed by atoms with van der Waals surface area (Å²) >= 11 is 0. The van der Waals surface area contributed by atoms with E-state index < -0.39 is 17.3 Å². The van der Waals surface area contributed by atoms with E-state index >= 15 is 0 Å². The number of carboxylic acids is 1. The van der Waals surface area contributed by atoms with E-state index in [1.165, 1.54) is 6.07 Å². The van der Waals surface area contributed by atoms with Crippen molar-refractivity contribution in [2.75, 3.05) is 0 Å². The van der Waals surface area contributed by atoms with E-state index in [2.05, 4.69) is 10.1 Å². The molecule has 1 heterocycles. The van der Waals surface area contributed by atoms with Gasteiger partial charge in [-0.1, -0.05) is 19.0 Å². The van der Waals surface area contributed by atoms with E-state index in [4.69, 9.17) is 14.4 Å². The highest BCUT2D eigenvalue weighted by molar-refractivity contribution is 5.88. The van der Waals surface area contributed by atoms with Gasteiger partial charge in [-0.05, 0) is 18.1 Å². The Morgan fingerprint density at radius 3 is 2.86 bits per heavy atom. The van der Waals surface area contributed by atoms with Crippen molar-refractivity contribution >= 4 is 5.97 Å². The number of hydrogen-bond donors (Lipinski definition) is 1. The molecule has 0 atom stereocenters.